The van der Waals surface area contributed by atoms with E-state index in [0.29, 0.717) is 18.5 Å². The van der Waals surface area contributed by atoms with E-state index in [9.17, 15) is 14.4 Å². The summed E-state index contributed by atoms with van der Waals surface area (Å²) in [6, 6.07) is 6.92. The van der Waals surface area contributed by atoms with Gasteiger partial charge in [-0.05, 0) is 44.5 Å². The summed E-state index contributed by atoms with van der Waals surface area (Å²) in [5.74, 6) is -1.35. The van der Waals surface area contributed by atoms with E-state index in [0.717, 1.165) is 4.47 Å². The summed E-state index contributed by atoms with van der Waals surface area (Å²) in [5, 5.41) is 14.3. The number of hydrogen-bond acceptors (Lipinski definition) is 3. The van der Waals surface area contributed by atoms with E-state index in [1.54, 1.807) is 38.1 Å². The number of amides is 2. The molecule has 7 heteroatoms. The maximum atomic E-state index is 11.8. The van der Waals surface area contributed by atoms with E-state index in [4.69, 9.17) is 5.11 Å². The lowest BCUT2D eigenvalue weighted by Gasteiger charge is -2.18. The van der Waals surface area contributed by atoms with E-state index in [-0.39, 0.29) is 24.8 Å². The number of aliphatic carboxylic acids is 1. The van der Waals surface area contributed by atoms with Crippen LogP contribution in [0.15, 0.2) is 28.7 Å². The Bertz CT molecular complexity index is 570. The zero-order chi connectivity index (χ0) is 17.5. The molecule has 1 aromatic carbocycles. The lowest BCUT2D eigenvalue weighted by atomic mass is 9.90. The molecule has 2 amide bonds. The molecule has 3 N–H and O–H groups in total. The second-order valence-corrected chi connectivity index (χ2v) is 6.72. The molecule has 0 saturated heterocycles. The summed E-state index contributed by atoms with van der Waals surface area (Å²) in [7, 11) is 0. The van der Waals surface area contributed by atoms with Crippen LogP contribution in [-0.4, -0.2) is 36.0 Å². The average Bonchev–Trinajstić information content (AvgIpc) is 2.47. The zero-order valence-electron chi connectivity index (χ0n) is 13.2. The molecule has 0 aliphatic rings. The van der Waals surface area contributed by atoms with Crippen molar-refractivity contribution in [3.8, 4) is 0 Å². The van der Waals surface area contributed by atoms with Crippen LogP contribution in [0.2, 0.25) is 0 Å². The van der Waals surface area contributed by atoms with Gasteiger partial charge in [0.25, 0.3) is 5.91 Å². The van der Waals surface area contributed by atoms with Crippen molar-refractivity contribution in [1.82, 2.24) is 10.6 Å². The van der Waals surface area contributed by atoms with Gasteiger partial charge in [-0.25, -0.2) is 0 Å². The molecule has 23 heavy (non-hydrogen) atoms. The first kappa shape index (κ1) is 19.2. The fourth-order valence-corrected chi connectivity index (χ4v) is 1.97. The summed E-state index contributed by atoms with van der Waals surface area (Å²) in [6.07, 6.45) is 0.495. The van der Waals surface area contributed by atoms with Gasteiger partial charge in [-0.2, -0.15) is 0 Å². The van der Waals surface area contributed by atoms with Crippen LogP contribution in [0.1, 0.15) is 37.0 Å². The molecule has 0 aliphatic heterocycles. The van der Waals surface area contributed by atoms with Gasteiger partial charge in [0.2, 0.25) is 5.91 Å². The summed E-state index contributed by atoms with van der Waals surface area (Å²) >= 11 is 3.29. The Kier molecular flexibility index (Phi) is 7.22. The molecule has 1 aromatic rings. The first-order valence-electron chi connectivity index (χ1n) is 7.26. The molecular weight excluding hydrogens is 364 g/mol. The highest BCUT2D eigenvalue weighted by Crippen LogP contribution is 2.19. The predicted octanol–water partition coefficient (Wildman–Crippen LogP) is 2.19. The van der Waals surface area contributed by atoms with Gasteiger partial charge in [0, 0.05) is 29.5 Å². The Balaban J connectivity index is 2.25. The van der Waals surface area contributed by atoms with Gasteiger partial charge in [-0.1, -0.05) is 15.9 Å². The molecule has 126 valence electrons. The monoisotopic (exact) mass is 384 g/mol. The van der Waals surface area contributed by atoms with Crippen LogP contribution in [0.4, 0.5) is 0 Å². The molecule has 1 rings (SSSR count). The summed E-state index contributed by atoms with van der Waals surface area (Å²) in [6.45, 7) is 3.74. The number of hydrogen-bond donors (Lipinski definition) is 3. The first-order valence-corrected chi connectivity index (χ1v) is 8.05. The Hall–Kier alpha value is -1.89. The summed E-state index contributed by atoms with van der Waals surface area (Å²) < 4.78 is 0.887. The molecule has 0 heterocycles. The van der Waals surface area contributed by atoms with E-state index >= 15 is 0 Å². The number of carbonyl (C=O) groups excluding carboxylic acids is 2. The highest BCUT2D eigenvalue weighted by Gasteiger charge is 2.26. The average molecular weight is 385 g/mol. The van der Waals surface area contributed by atoms with Crippen LogP contribution >= 0.6 is 15.9 Å². The van der Waals surface area contributed by atoms with E-state index in [1.165, 1.54) is 0 Å². The maximum Gasteiger partial charge on any atom is 0.309 e. The molecule has 0 unspecified atom stereocenters. The molecule has 6 nitrogen and oxygen atoms in total. The molecule has 0 spiro atoms. The van der Waals surface area contributed by atoms with E-state index in [1.807, 2.05) is 0 Å². The fraction of sp³-hybridized carbons (Fsp3) is 0.438. The zero-order valence-corrected chi connectivity index (χ0v) is 14.8. The van der Waals surface area contributed by atoms with Crippen molar-refractivity contribution < 1.29 is 19.5 Å². The Morgan fingerprint density at radius 2 is 1.70 bits per heavy atom. The van der Waals surface area contributed by atoms with Crippen LogP contribution in [-0.2, 0) is 9.59 Å². The lowest BCUT2D eigenvalue weighted by molar-refractivity contribution is -0.147. The number of carboxylic acids is 1. The van der Waals surface area contributed by atoms with Gasteiger partial charge in [-0.15, -0.1) is 0 Å². The van der Waals surface area contributed by atoms with E-state index in [2.05, 4.69) is 26.6 Å². The van der Waals surface area contributed by atoms with Gasteiger partial charge >= 0.3 is 5.97 Å². The Morgan fingerprint density at radius 1 is 1.09 bits per heavy atom. The Morgan fingerprint density at radius 3 is 2.26 bits per heavy atom. The topological polar surface area (TPSA) is 95.5 Å². The summed E-state index contributed by atoms with van der Waals surface area (Å²) in [4.78, 5) is 34.4. The highest BCUT2D eigenvalue weighted by atomic mass is 79.9. The standard InChI is InChI=1S/C16H21BrN2O4/c1-16(2,15(22)23)8-10-18-13(20)7-9-19-14(21)11-3-5-12(17)6-4-11/h3-6H,7-10H2,1-2H3,(H,18,20)(H,19,21)(H,22,23). The van der Waals surface area contributed by atoms with Gasteiger partial charge < -0.3 is 15.7 Å². The second kappa shape index (κ2) is 8.67. The number of nitrogens with one attached hydrogen (secondary N) is 2. The predicted molar refractivity (Wildman–Crippen MR) is 90.1 cm³/mol. The van der Waals surface area contributed by atoms with Crippen molar-refractivity contribution in [2.24, 2.45) is 5.41 Å². The van der Waals surface area contributed by atoms with Crippen LogP contribution < -0.4 is 10.6 Å². The first-order chi connectivity index (χ1) is 10.7. The van der Waals surface area contributed by atoms with Crippen molar-refractivity contribution in [2.45, 2.75) is 26.7 Å². The molecular formula is C16H21BrN2O4. The lowest BCUT2D eigenvalue weighted by Crippen LogP contribution is -2.34. The molecule has 0 aliphatic carbocycles. The highest BCUT2D eigenvalue weighted by molar-refractivity contribution is 9.10. The van der Waals surface area contributed by atoms with Crippen LogP contribution in [0, 0.1) is 5.41 Å². The molecule has 0 saturated carbocycles. The number of benzene rings is 1. The minimum Gasteiger partial charge on any atom is -0.481 e. The minimum atomic E-state index is -0.895. The molecule has 0 fully saturated rings. The molecule has 0 radical (unpaired) electrons. The van der Waals surface area contributed by atoms with Crippen LogP contribution in [0.5, 0.6) is 0 Å². The van der Waals surface area contributed by atoms with Gasteiger partial charge in [-0.3, -0.25) is 14.4 Å². The number of halogens is 1. The molecule has 0 bridgehead atoms. The van der Waals surface area contributed by atoms with Crippen molar-refractivity contribution >= 4 is 33.7 Å². The SMILES string of the molecule is CC(C)(CCNC(=O)CCNC(=O)c1ccc(Br)cc1)C(=O)O. The number of carboxylic acid groups (broad SMARTS) is 1. The molecule has 0 atom stereocenters. The largest absolute Gasteiger partial charge is 0.481 e. The van der Waals surface area contributed by atoms with Crippen LogP contribution in [0.3, 0.4) is 0 Å². The Labute approximate surface area is 143 Å². The van der Waals surface area contributed by atoms with Crippen LogP contribution in [0.25, 0.3) is 0 Å². The second-order valence-electron chi connectivity index (χ2n) is 5.80. The number of carbonyl (C=O) groups is 3. The fourth-order valence-electron chi connectivity index (χ4n) is 1.70. The molecule has 0 aromatic heterocycles. The van der Waals surface area contributed by atoms with Gasteiger partial charge in [0.15, 0.2) is 0 Å². The van der Waals surface area contributed by atoms with Gasteiger partial charge in [0.05, 0.1) is 5.41 Å². The van der Waals surface area contributed by atoms with Gasteiger partial charge in [0.1, 0.15) is 0 Å². The number of rotatable bonds is 8. The smallest absolute Gasteiger partial charge is 0.309 e. The quantitative estimate of drug-likeness (QED) is 0.639. The third-order valence-electron chi connectivity index (χ3n) is 3.40. The van der Waals surface area contributed by atoms with Crippen molar-refractivity contribution in [2.75, 3.05) is 13.1 Å². The van der Waals surface area contributed by atoms with Crippen molar-refractivity contribution in [3.63, 3.8) is 0 Å². The normalized spacial score (nSPS) is 10.9. The van der Waals surface area contributed by atoms with E-state index < -0.39 is 11.4 Å². The van der Waals surface area contributed by atoms with Crippen molar-refractivity contribution in [1.29, 1.82) is 0 Å². The van der Waals surface area contributed by atoms with Crippen molar-refractivity contribution in [3.05, 3.63) is 34.3 Å². The minimum absolute atomic E-state index is 0.149. The third-order valence-corrected chi connectivity index (χ3v) is 3.92. The maximum absolute atomic E-state index is 11.8. The third kappa shape index (κ3) is 6.81. The summed E-state index contributed by atoms with van der Waals surface area (Å²) in [5.41, 5.74) is -0.347.